The first kappa shape index (κ1) is 15.4. The summed E-state index contributed by atoms with van der Waals surface area (Å²) in [7, 11) is 0. The summed E-state index contributed by atoms with van der Waals surface area (Å²) in [5.74, 6) is 0.0126. The van der Waals surface area contributed by atoms with Crippen LogP contribution in [0.15, 0.2) is 30.6 Å². The van der Waals surface area contributed by atoms with E-state index in [1.54, 1.807) is 4.68 Å². The molecule has 21 heavy (non-hydrogen) atoms. The number of piperidine rings is 1. The second-order valence-corrected chi connectivity index (χ2v) is 4.80. The number of hydrogen-bond donors (Lipinski definition) is 2. The first-order valence-electron chi connectivity index (χ1n) is 6.70. The fourth-order valence-electron chi connectivity index (χ4n) is 2.31. The summed E-state index contributed by atoms with van der Waals surface area (Å²) in [6.45, 7) is 0.906. The van der Waals surface area contributed by atoms with Crippen molar-refractivity contribution in [3.05, 3.63) is 30.6 Å². The third-order valence-corrected chi connectivity index (χ3v) is 3.35. The van der Waals surface area contributed by atoms with Crippen LogP contribution < -0.4 is 10.6 Å². The first-order valence-corrected chi connectivity index (χ1v) is 6.70. The molecule has 1 aliphatic heterocycles. The summed E-state index contributed by atoms with van der Waals surface area (Å²) < 4.78 is 1.55. The van der Waals surface area contributed by atoms with E-state index in [4.69, 9.17) is 0 Å². The van der Waals surface area contributed by atoms with Crippen molar-refractivity contribution < 1.29 is 4.79 Å². The fraction of sp³-hybridized carbons (Fsp3) is 0.385. The largest absolute Gasteiger partial charge is 0.325 e. The number of amides is 1. The van der Waals surface area contributed by atoms with Crippen LogP contribution in [-0.4, -0.2) is 38.7 Å². The van der Waals surface area contributed by atoms with Crippen LogP contribution in [0.1, 0.15) is 19.3 Å². The molecule has 2 N–H and O–H groups in total. The first-order chi connectivity index (χ1) is 9.83. The van der Waals surface area contributed by atoms with Crippen LogP contribution in [0.25, 0.3) is 5.69 Å². The average Bonchev–Trinajstić information content (AvgIpc) is 3.03. The highest BCUT2D eigenvalue weighted by Crippen LogP contribution is 2.15. The molecule has 112 valence electrons. The number of tetrazole rings is 1. The summed E-state index contributed by atoms with van der Waals surface area (Å²) in [5, 5.41) is 17.2. The minimum absolute atomic E-state index is 0. The maximum atomic E-state index is 12.1. The van der Waals surface area contributed by atoms with Crippen LogP contribution in [0, 0.1) is 0 Å². The summed E-state index contributed by atoms with van der Waals surface area (Å²) >= 11 is 0. The molecule has 1 saturated heterocycles. The lowest BCUT2D eigenvalue weighted by Crippen LogP contribution is -2.43. The normalized spacial score (nSPS) is 17.8. The number of benzene rings is 1. The van der Waals surface area contributed by atoms with Gasteiger partial charge >= 0.3 is 0 Å². The van der Waals surface area contributed by atoms with Crippen molar-refractivity contribution in [2.75, 3.05) is 11.9 Å². The van der Waals surface area contributed by atoms with Gasteiger partial charge in [-0.3, -0.25) is 4.79 Å². The molecule has 0 radical (unpaired) electrons. The number of nitrogens with zero attached hydrogens (tertiary/aromatic N) is 4. The van der Waals surface area contributed by atoms with Crippen molar-refractivity contribution in [2.24, 2.45) is 0 Å². The lowest BCUT2D eigenvalue weighted by Gasteiger charge is -2.22. The molecule has 1 fully saturated rings. The van der Waals surface area contributed by atoms with E-state index in [9.17, 15) is 4.79 Å². The Morgan fingerprint density at radius 2 is 2.29 bits per heavy atom. The molecule has 7 nitrogen and oxygen atoms in total. The molecule has 0 bridgehead atoms. The number of anilines is 1. The number of halogens is 1. The molecule has 2 aromatic rings. The van der Waals surface area contributed by atoms with E-state index >= 15 is 0 Å². The number of carbonyl (C=O) groups is 1. The van der Waals surface area contributed by atoms with Gasteiger partial charge in [-0.1, -0.05) is 12.5 Å². The highest BCUT2D eigenvalue weighted by atomic mass is 35.5. The maximum absolute atomic E-state index is 12.1. The van der Waals surface area contributed by atoms with E-state index in [2.05, 4.69) is 26.2 Å². The van der Waals surface area contributed by atoms with Crippen molar-refractivity contribution in [1.29, 1.82) is 0 Å². The lowest BCUT2D eigenvalue weighted by molar-refractivity contribution is -0.118. The molecule has 1 atom stereocenters. The third-order valence-electron chi connectivity index (χ3n) is 3.35. The van der Waals surface area contributed by atoms with E-state index < -0.39 is 0 Å². The van der Waals surface area contributed by atoms with Crippen LogP contribution in [0.5, 0.6) is 0 Å². The number of hydrogen-bond acceptors (Lipinski definition) is 5. The quantitative estimate of drug-likeness (QED) is 0.889. The van der Waals surface area contributed by atoms with Crippen molar-refractivity contribution in [3.8, 4) is 5.69 Å². The minimum Gasteiger partial charge on any atom is -0.325 e. The van der Waals surface area contributed by atoms with E-state index in [1.165, 1.54) is 6.33 Å². The fourth-order valence-corrected chi connectivity index (χ4v) is 2.31. The topological polar surface area (TPSA) is 84.7 Å². The van der Waals surface area contributed by atoms with Gasteiger partial charge < -0.3 is 10.6 Å². The standard InChI is InChI=1S/C13H16N6O.ClH/c20-13(12-6-1-2-7-14-12)16-10-4-3-5-11(8-10)19-9-15-17-18-19;/h3-5,8-9,12,14H,1-2,6-7H2,(H,16,20);1H/t12-;/m0./s1. The van der Waals surface area contributed by atoms with Crippen molar-refractivity contribution in [1.82, 2.24) is 25.5 Å². The van der Waals surface area contributed by atoms with Gasteiger partial charge in [0.15, 0.2) is 0 Å². The third kappa shape index (κ3) is 3.77. The smallest absolute Gasteiger partial charge is 0.241 e. The van der Waals surface area contributed by atoms with E-state index in [1.807, 2.05) is 24.3 Å². The Kier molecular flexibility index (Phi) is 5.24. The van der Waals surface area contributed by atoms with Gasteiger partial charge in [0.2, 0.25) is 5.91 Å². The SMILES string of the molecule is Cl.O=C(Nc1cccc(-n2cnnn2)c1)[C@@H]1CCCCN1. The zero-order chi connectivity index (χ0) is 13.8. The molecule has 0 aliphatic carbocycles. The molecule has 1 aromatic carbocycles. The van der Waals surface area contributed by atoms with Crippen LogP contribution in [-0.2, 0) is 4.79 Å². The van der Waals surface area contributed by atoms with Crippen LogP contribution in [0.2, 0.25) is 0 Å². The molecular weight excluding hydrogens is 292 g/mol. The number of rotatable bonds is 3. The van der Waals surface area contributed by atoms with Crippen molar-refractivity contribution in [2.45, 2.75) is 25.3 Å². The summed E-state index contributed by atoms with van der Waals surface area (Å²) in [6, 6.07) is 7.35. The van der Waals surface area contributed by atoms with Crippen LogP contribution in [0.3, 0.4) is 0 Å². The maximum Gasteiger partial charge on any atom is 0.241 e. The Morgan fingerprint density at radius 3 is 3.00 bits per heavy atom. The van der Waals surface area contributed by atoms with Crippen molar-refractivity contribution >= 4 is 24.0 Å². The number of aromatic nitrogens is 4. The van der Waals surface area contributed by atoms with Gasteiger partial charge in [0, 0.05) is 5.69 Å². The summed E-state index contributed by atoms with van der Waals surface area (Å²) in [5.41, 5.74) is 1.56. The van der Waals surface area contributed by atoms with E-state index in [-0.39, 0.29) is 24.4 Å². The zero-order valence-electron chi connectivity index (χ0n) is 11.4. The van der Waals surface area contributed by atoms with Crippen LogP contribution >= 0.6 is 12.4 Å². The molecule has 1 aliphatic rings. The predicted octanol–water partition coefficient (Wildman–Crippen LogP) is 1.16. The van der Waals surface area contributed by atoms with E-state index in [0.717, 1.165) is 37.2 Å². The van der Waals surface area contributed by atoms with Gasteiger partial charge in [-0.25, -0.2) is 4.68 Å². The molecule has 1 amide bonds. The second kappa shape index (κ2) is 7.14. The lowest BCUT2D eigenvalue weighted by atomic mass is 10.0. The van der Waals surface area contributed by atoms with Crippen molar-refractivity contribution in [3.63, 3.8) is 0 Å². The van der Waals surface area contributed by atoms with Gasteiger partial charge in [-0.05, 0) is 48.0 Å². The molecule has 8 heteroatoms. The zero-order valence-corrected chi connectivity index (χ0v) is 12.2. The Bertz CT molecular complexity index is 582. The van der Waals surface area contributed by atoms with Gasteiger partial charge in [0.1, 0.15) is 6.33 Å². The summed E-state index contributed by atoms with van der Waals surface area (Å²) in [4.78, 5) is 12.1. The molecule has 2 heterocycles. The molecule has 0 unspecified atom stereocenters. The molecule has 3 rings (SSSR count). The average molecular weight is 309 g/mol. The van der Waals surface area contributed by atoms with Crippen LogP contribution in [0.4, 0.5) is 5.69 Å². The highest BCUT2D eigenvalue weighted by Gasteiger charge is 2.20. The van der Waals surface area contributed by atoms with Gasteiger partial charge in [-0.2, -0.15) is 0 Å². The Labute approximate surface area is 128 Å². The van der Waals surface area contributed by atoms with E-state index in [0.29, 0.717) is 0 Å². The molecular formula is C13H17ClN6O. The Morgan fingerprint density at radius 1 is 1.38 bits per heavy atom. The summed E-state index contributed by atoms with van der Waals surface area (Å²) in [6.07, 6.45) is 4.64. The molecule has 0 saturated carbocycles. The number of carbonyl (C=O) groups excluding carboxylic acids is 1. The monoisotopic (exact) mass is 308 g/mol. The predicted molar refractivity (Wildman–Crippen MR) is 80.7 cm³/mol. The molecule has 0 spiro atoms. The van der Waals surface area contributed by atoms with Gasteiger partial charge in [0.25, 0.3) is 0 Å². The highest BCUT2D eigenvalue weighted by molar-refractivity contribution is 5.95. The number of nitrogens with one attached hydrogen (secondary N) is 2. The molecule has 1 aromatic heterocycles. The van der Waals surface area contributed by atoms with Gasteiger partial charge in [-0.15, -0.1) is 17.5 Å². The van der Waals surface area contributed by atoms with Gasteiger partial charge in [0.05, 0.1) is 11.7 Å². The minimum atomic E-state index is -0.0968. The second-order valence-electron chi connectivity index (χ2n) is 4.80. The Balaban J connectivity index is 0.00000161. The Hall–Kier alpha value is -1.99.